The van der Waals surface area contributed by atoms with Crippen molar-refractivity contribution in [2.75, 3.05) is 36.5 Å². The largest absolute Gasteiger partial charge is 0.378 e. The zero-order chi connectivity index (χ0) is 21.3. The van der Waals surface area contributed by atoms with Crippen molar-refractivity contribution in [2.24, 2.45) is 15.7 Å². The summed E-state index contributed by atoms with van der Waals surface area (Å²) in [6.45, 7) is 11.3. The first kappa shape index (κ1) is 20.2. The van der Waals surface area contributed by atoms with Crippen molar-refractivity contribution in [1.82, 2.24) is 4.90 Å². The standard InChI is InChI=1S/C23H30N6O/c1-15-5-7-19(13-17(15)3)25-22-26-21(24)27-23(28-9-11-30-12-10-28)29(22)20-8-6-16(2)18(4)14-20/h5-8,13-14,22,25H,9-12H2,1-4H3,(H2,24,26). The summed E-state index contributed by atoms with van der Waals surface area (Å²) in [4.78, 5) is 13.6. The molecule has 0 bridgehead atoms. The lowest BCUT2D eigenvalue weighted by atomic mass is 10.1. The van der Waals surface area contributed by atoms with Gasteiger partial charge >= 0.3 is 0 Å². The second kappa shape index (κ2) is 8.36. The Balaban J connectivity index is 1.74. The van der Waals surface area contributed by atoms with Crippen molar-refractivity contribution in [2.45, 2.75) is 34.0 Å². The first-order chi connectivity index (χ1) is 14.4. The Morgan fingerprint density at radius 3 is 2.27 bits per heavy atom. The molecule has 1 atom stereocenters. The number of nitrogens with one attached hydrogen (secondary N) is 1. The molecule has 0 spiro atoms. The first-order valence-electron chi connectivity index (χ1n) is 10.4. The van der Waals surface area contributed by atoms with Crippen LogP contribution in [0, 0.1) is 27.7 Å². The molecule has 0 aromatic heterocycles. The molecule has 7 nitrogen and oxygen atoms in total. The number of nitrogens with zero attached hydrogens (tertiary/aromatic N) is 4. The molecule has 30 heavy (non-hydrogen) atoms. The zero-order valence-electron chi connectivity index (χ0n) is 18.1. The second-order valence-electron chi connectivity index (χ2n) is 7.95. The van der Waals surface area contributed by atoms with Crippen LogP contribution in [0.3, 0.4) is 0 Å². The molecule has 2 heterocycles. The molecule has 1 fully saturated rings. The van der Waals surface area contributed by atoms with Crippen LogP contribution in [0.15, 0.2) is 46.4 Å². The maximum Gasteiger partial charge on any atom is 0.222 e. The van der Waals surface area contributed by atoms with E-state index in [1.165, 1.54) is 22.3 Å². The topological polar surface area (TPSA) is 78.5 Å². The van der Waals surface area contributed by atoms with Gasteiger partial charge in [0.2, 0.25) is 18.2 Å². The second-order valence-corrected chi connectivity index (χ2v) is 7.95. The minimum absolute atomic E-state index is 0.276. The van der Waals surface area contributed by atoms with E-state index in [-0.39, 0.29) is 5.96 Å². The highest BCUT2D eigenvalue weighted by molar-refractivity contribution is 6.06. The van der Waals surface area contributed by atoms with Gasteiger partial charge in [-0.1, -0.05) is 12.1 Å². The van der Waals surface area contributed by atoms with Gasteiger partial charge < -0.3 is 20.7 Å². The van der Waals surface area contributed by atoms with Crippen LogP contribution in [0.25, 0.3) is 0 Å². The third-order valence-electron chi connectivity index (χ3n) is 5.79. The van der Waals surface area contributed by atoms with Gasteiger partial charge in [0, 0.05) is 24.5 Å². The Bertz CT molecular complexity index is 993. The van der Waals surface area contributed by atoms with Crippen LogP contribution in [0.4, 0.5) is 11.4 Å². The highest BCUT2D eigenvalue weighted by atomic mass is 16.5. The van der Waals surface area contributed by atoms with Gasteiger partial charge in [-0.15, -0.1) is 0 Å². The highest BCUT2D eigenvalue weighted by Crippen LogP contribution is 2.27. The summed E-state index contributed by atoms with van der Waals surface area (Å²) in [6, 6.07) is 12.8. The third kappa shape index (κ3) is 4.11. The molecule has 3 N–H and O–H groups in total. The number of benzene rings is 2. The number of aliphatic imine (C=N–C) groups is 2. The van der Waals surface area contributed by atoms with Crippen molar-refractivity contribution < 1.29 is 4.74 Å². The summed E-state index contributed by atoms with van der Waals surface area (Å²) in [5.41, 5.74) is 13.2. The van der Waals surface area contributed by atoms with Crippen LogP contribution in [0.2, 0.25) is 0 Å². The molecule has 0 aliphatic carbocycles. The van der Waals surface area contributed by atoms with E-state index in [2.05, 4.69) is 89.2 Å². The Hall–Kier alpha value is -3.06. The Morgan fingerprint density at radius 2 is 1.60 bits per heavy atom. The molecular weight excluding hydrogens is 376 g/mol. The van der Waals surface area contributed by atoms with Crippen LogP contribution in [-0.4, -0.2) is 49.4 Å². The number of guanidine groups is 2. The van der Waals surface area contributed by atoms with E-state index in [1.54, 1.807) is 0 Å². The maximum atomic E-state index is 6.16. The fourth-order valence-corrected chi connectivity index (χ4v) is 3.67. The molecule has 7 heteroatoms. The van der Waals surface area contributed by atoms with E-state index in [4.69, 9.17) is 10.5 Å². The van der Waals surface area contributed by atoms with Gasteiger partial charge in [0.1, 0.15) is 0 Å². The number of nitrogens with two attached hydrogens (primary N) is 1. The summed E-state index contributed by atoms with van der Waals surface area (Å²) in [5.74, 6) is 1.08. The van der Waals surface area contributed by atoms with Gasteiger partial charge in [-0.25, -0.2) is 4.99 Å². The number of rotatable bonds is 3. The van der Waals surface area contributed by atoms with Crippen molar-refractivity contribution in [1.29, 1.82) is 0 Å². The number of anilines is 2. The molecule has 2 aromatic rings. The predicted octanol–water partition coefficient (Wildman–Crippen LogP) is 3.14. The monoisotopic (exact) mass is 406 g/mol. The number of aryl methyl sites for hydroxylation is 4. The number of hydrogen-bond acceptors (Lipinski definition) is 7. The molecule has 1 saturated heterocycles. The molecule has 2 aliphatic rings. The normalized spacial score (nSPS) is 19.4. The van der Waals surface area contributed by atoms with E-state index < -0.39 is 6.29 Å². The van der Waals surface area contributed by atoms with E-state index in [1.807, 2.05) is 0 Å². The van der Waals surface area contributed by atoms with Crippen molar-refractivity contribution in [3.05, 3.63) is 58.7 Å². The maximum absolute atomic E-state index is 6.16. The molecule has 2 aliphatic heterocycles. The van der Waals surface area contributed by atoms with Gasteiger partial charge in [0.25, 0.3) is 0 Å². The van der Waals surface area contributed by atoms with Gasteiger partial charge in [0.05, 0.1) is 13.2 Å². The van der Waals surface area contributed by atoms with Crippen molar-refractivity contribution in [3.8, 4) is 0 Å². The zero-order valence-corrected chi connectivity index (χ0v) is 18.1. The molecule has 1 unspecified atom stereocenters. The molecule has 0 radical (unpaired) electrons. The third-order valence-corrected chi connectivity index (χ3v) is 5.79. The van der Waals surface area contributed by atoms with Crippen LogP contribution in [-0.2, 0) is 4.74 Å². The molecule has 158 valence electrons. The van der Waals surface area contributed by atoms with Gasteiger partial charge in [-0.2, -0.15) is 4.99 Å². The van der Waals surface area contributed by atoms with E-state index in [9.17, 15) is 0 Å². The molecule has 2 aromatic carbocycles. The summed E-state index contributed by atoms with van der Waals surface area (Å²) in [5, 5.41) is 3.55. The summed E-state index contributed by atoms with van der Waals surface area (Å²) in [6.07, 6.45) is -0.399. The average Bonchev–Trinajstić information content (AvgIpc) is 2.73. The number of morpholine rings is 1. The number of ether oxygens (including phenoxy) is 1. The van der Waals surface area contributed by atoms with Crippen LogP contribution in [0.5, 0.6) is 0 Å². The van der Waals surface area contributed by atoms with E-state index in [0.717, 1.165) is 30.4 Å². The lowest BCUT2D eigenvalue weighted by Crippen LogP contribution is -2.57. The van der Waals surface area contributed by atoms with E-state index in [0.29, 0.717) is 13.2 Å². The molecule has 4 rings (SSSR count). The van der Waals surface area contributed by atoms with E-state index >= 15 is 0 Å². The smallest absolute Gasteiger partial charge is 0.222 e. The van der Waals surface area contributed by atoms with Crippen LogP contribution in [0.1, 0.15) is 22.3 Å². The van der Waals surface area contributed by atoms with Crippen molar-refractivity contribution >= 4 is 23.3 Å². The predicted molar refractivity (Wildman–Crippen MR) is 123 cm³/mol. The minimum atomic E-state index is -0.399. The average molecular weight is 407 g/mol. The quantitative estimate of drug-likeness (QED) is 0.819. The van der Waals surface area contributed by atoms with Crippen LogP contribution < -0.4 is 16.0 Å². The van der Waals surface area contributed by atoms with Gasteiger partial charge in [-0.3, -0.25) is 4.90 Å². The number of hydrogen-bond donors (Lipinski definition) is 2. The fourth-order valence-electron chi connectivity index (χ4n) is 3.67. The Labute approximate surface area is 178 Å². The highest BCUT2D eigenvalue weighted by Gasteiger charge is 2.32. The van der Waals surface area contributed by atoms with Gasteiger partial charge in [-0.05, 0) is 74.2 Å². The van der Waals surface area contributed by atoms with Crippen molar-refractivity contribution in [3.63, 3.8) is 0 Å². The lowest BCUT2D eigenvalue weighted by molar-refractivity contribution is 0.0671. The van der Waals surface area contributed by atoms with Crippen LogP contribution >= 0.6 is 0 Å². The molecular formula is C23H30N6O. The Kier molecular flexibility index (Phi) is 5.63. The minimum Gasteiger partial charge on any atom is -0.378 e. The summed E-state index contributed by atoms with van der Waals surface area (Å²) < 4.78 is 5.55. The summed E-state index contributed by atoms with van der Waals surface area (Å²) >= 11 is 0. The SMILES string of the molecule is Cc1ccc(NC2N=C(N)N=C(N3CCOCC3)N2c2ccc(C)c(C)c2)cc1C. The van der Waals surface area contributed by atoms with Gasteiger partial charge in [0.15, 0.2) is 0 Å². The lowest BCUT2D eigenvalue weighted by Gasteiger charge is -2.41. The Morgan fingerprint density at radius 1 is 0.933 bits per heavy atom. The molecule has 0 saturated carbocycles. The fraction of sp³-hybridized carbons (Fsp3) is 0.391. The first-order valence-corrected chi connectivity index (χ1v) is 10.4. The molecule has 0 amide bonds. The summed E-state index contributed by atoms with van der Waals surface area (Å²) in [7, 11) is 0.